The molecule has 0 saturated carbocycles. The minimum Gasteiger partial charge on any atom is -0.490 e. The first-order chi connectivity index (χ1) is 15.3. The summed E-state index contributed by atoms with van der Waals surface area (Å²) in [5, 5.41) is 2.56. The van der Waals surface area contributed by atoms with Gasteiger partial charge in [-0.05, 0) is 57.2 Å². The topological polar surface area (TPSA) is 100 Å². The molecule has 2 aromatic rings. The van der Waals surface area contributed by atoms with E-state index in [0.717, 1.165) is 0 Å². The first-order valence-electron chi connectivity index (χ1n) is 9.81. The van der Waals surface area contributed by atoms with Crippen molar-refractivity contribution in [1.29, 1.82) is 0 Å². The summed E-state index contributed by atoms with van der Waals surface area (Å²) in [7, 11) is 0. The standard InChI is InChI=1S/C22H23F2NO7/c1-4-29-18-12-13(7-8-17(18)32-22(23)24)19(26)25-16-10-14(20(27)30-5-2)9-15(11-16)21(28)31-6-3/h7-12,22H,4-6H2,1-3H3,(H,25,26). The molecule has 0 aliphatic heterocycles. The van der Waals surface area contributed by atoms with Crippen molar-refractivity contribution in [3.05, 3.63) is 53.1 Å². The molecule has 10 heteroatoms. The van der Waals surface area contributed by atoms with Gasteiger partial charge in [0.2, 0.25) is 0 Å². The molecule has 8 nitrogen and oxygen atoms in total. The molecule has 2 rings (SSSR count). The number of rotatable bonds is 10. The summed E-state index contributed by atoms with van der Waals surface area (Å²) in [5.74, 6) is -2.24. The maximum atomic E-state index is 12.7. The van der Waals surface area contributed by atoms with Crippen LogP contribution in [0.4, 0.5) is 14.5 Å². The zero-order chi connectivity index (χ0) is 23.7. The van der Waals surface area contributed by atoms with Crippen LogP contribution in [0.15, 0.2) is 36.4 Å². The van der Waals surface area contributed by atoms with Crippen molar-refractivity contribution in [2.45, 2.75) is 27.4 Å². The van der Waals surface area contributed by atoms with Crippen molar-refractivity contribution in [2.24, 2.45) is 0 Å². The molecule has 0 saturated heterocycles. The number of ether oxygens (including phenoxy) is 4. The molecule has 32 heavy (non-hydrogen) atoms. The maximum Gasteiger partial charge on any atom is 0.387 e. The Morgan fingerprint density at radius 1 is 0.812 bits per heavy atom. The van der Waals surface area contributed by atoms with Gasteiger partial charge in [0.1, 0.15) is 0 Å². The van der Waals surface area contributed by atoms with E-state index in [0.29, 0.717) is 0 Å². The maximum absolute atomic E-state index is 12.7. The van der Waals surface area contributed by atoms with Gasteiger partial charge in [0.25, 0.3) is 5.91 Å². The fraction of sp³-hybridized carbons (Fsp3) is 0.318. The average Bonchev–Trinajstić information content (AvgIpc) is 2.74. The third-order valence-corrected chi connectivity index (χ3v) is 3.93. The quantitative estimate of drug-likeness (QED) is 0.538. The van der Waals surface area contributed by atoms with Crippen LogP contribution >= 0.6 is 0 Å². The molecule has 0 unspecified atom stereocenters. The van der Waals surface area contributed by atoms with Crippen LogP contribution in [-0.4, -0.2) is 44.3 Å². The van der Waals surface area contributed by atoms with Gasteiger partial charge >= 0.3 is 18.6 Å². The average molecular weight is 451 g/mol. The highest BCUT2D eigenvalue weighted by Gasteiger charge is 2.18. The number of esters is 2. The van der Waals surface area contributed by atoms with Crippen LogP contribution in [0.1, 0.15) is 51.8 Å². The van der Waals surface area contributed by atoms with Crippen molar-refractivity contribution >= 4 is 23.5 Å². The smallest absolute Gasteiger partial charge is 0.387 e. The van der Waals surface area contributed by atoms with Gasteiger partial charge in [-0.25, -0.2) is 9.59 Å². The number of hydrogen-bond donors (Lipinski definition) is 1. The summed E-state index contributed by atoms with van der Waals surface area (Å²) in [6.45, 7) is 2.27. The number of carbonyl (C=O) groups excluding carboxylic acids is 3. The van der Waals surface area contributed by atoms with Gasteiger partial charge < -0.3 is 24.3 Å². The molecular weight excluding hydrogens is 428 g/mol. The molecule has 0 aliphatic carbocycles. The van der Waals surface area contributed by atoms with E-state index in [1.54, 1.807) is 20.8 Å². The largest absolute Gasteiger partial charge is 0.490 e. The normalized spacial score (nSPS) is 10.4. The van der Waals surface area contributed by atoms with Gasteiger partial charge in [0, 0.05) is 11.3 Å². The molecule has 0 spiro atoms. The highest BCUT2D eigenvalue weighted by Crippen LogP contribution is 2.30. The lowest BCUT2D eigenvalue weighted by Crippen LogP contribution is -2.15. The Morgan fingerprint density at radius 2 is 1.41 bits per heavy atom. The van der Waals surface area contributed by atoms with Gasteiger partial charge in [-0.3, -0.25) is 4.79 Å². The van der Waals surface area contributed by atoms with E-state index in [-0.39, 0.29) is 53.7 Å². The van der Waals surface area contributed by atoms with Gasteiger partial charge in [-0.2, -0.15) is 8.78 Å². The predicted molar refractivity (Wildman–Crippen MR) is 111 cm³/mol. The summed E-state index contributed by atoms with van der Waals surface area (Å²) in [4.78, 5) is 37.0. The molecule has 0 heterocycles. The summed E-state index contributed by atoms with van der Waals surface area (Å²) in [6.07, 6.45) is 0. The summed E-state index contributed by atoms with van der Waals surface area (Å²) in [5.41, 5.74) is 0.301. The lowest BCUT2D eigenvalue weighted by molar-refractivity contribution is -0.0514. The number of nitrogens with one attached hydrogen (secondary N) is 1. The molecule has 0 aromatic heterocycles. The second kappa shape index (κ2) is 11.6. The summed E-state index contributed by atoms with van der Waals surface area (Å²) in [6, 6.07) is 7.70. The van der Waals surface area contributed by atoms with Crippen LogP contribution in [-0.2, 0) is 9.47 Å². The van der Waals surface area contributed by atoms with Gasteiger partial charge in [0.15, 0.2) is 11.5 Å². The summed E-state index contributed by atoms with van der Waals surface area (Å²) >= 11 is 0. The first kappa shape index (κ1) is 24.6. The highest BCUT2D eigenvalue weighted by molar-refractivity contribution is 6.06. The zero-order valence-electron chi connectivity index (χ0n) is 17.8. The van der Waals surface area contributed by atoms with Crippen LogP contribution in [0, 0.1) is 0 Å². The Morgan fingerprint density at radius 3 is 1.91 bits per heavy atom. The fourth-order valence-corrected chi connectivity index (χ4v) is 2.68. The van der Waals surface area contributed by atoms with E-state index in [1.807, 2.05) is 0 Å². The molecule has 1 amide bonds. The molecule has 0 atom stereocenters. The molecule has 172 valence electrons. The molecule has 0 bridgehead atoms. The van der Waals surface area contributed by atoms with Crippen LogP contribution < -0.4 is 14.8 Å². The SMILES string of the molecule is CCOC(=O)c1cc(NC(=O)c2ccc(OC(F)F)c(OCC)c2)cc(C(=O)OCC)c1. The van der Waals surface area contributed by atoms with E-state index in [2.05, 4.69) is 10.1 Å². The predicted octanol–water partition coefficient (Wildman–Crippen LogP) is 4.29. The number of anilines is 1. The number of benzene rings is 2. The zero-order valence-corrected chi connectivity index (χ0v) is 17.8. The molecular formula is C22H23F2NO7. The van der Waals surface area contributed by atoms with E-state index in [1.165, 1.54) is 36.4 Å². The molecule has 0 radical (unpaired) electrons. The highest BCUT2D eigenvalue weighted by atomic mass is 19.3. The second-order valence-electron chi connectivity index (χ2n) is 6.17. The minimum atomic E-state index is -3.05. The van der Waals surface area contributed by atoms with E-state index in [4.69, 9.17) is 14.2 Å². The molecule has 0 fully saturated rings. The van der Waals surface area contributed by atoms with Crippen LogP contribution in [0.25, 0.3) is 0 Å². The van der Waals surface area contributed by atoms with Crippen molar-refractivity contribution in [3.63, 3.8) is 0 Å². The monoisotopic (exact) mass is 451 g/mol. The third kappa shape index (κ3) is 6.66. The Kier molecular flexibility index (Phi) is 8.94. The first-order valence-corrected chi connectivity index (χ1v) is 9.81. The van der Waals surface area contributed by atoms with E-state index < -0.39 is 24.5 Å². The van der Waals surface area contributed by atoms with Crippen LogP contribution in [0.2, 0.25) is 0 Å². The Bertz CT molecular complexity index is 942. The number of carbonyl (C=O) groups is 3. The summed E-state index contributed by atoms with van der Waals surface area (Å²) < 4.78 is 44.7. The van der Waals surface area contributed by atoms with Gasteiger partial charge in [-0.15, -0.1) is 0 Å². The van der Waals surface area contributed by atoms with Crippen molar-refractivity contribution < 1.29 is 42.1 Å². The molecule has 2 aromatic carbocycles. The van der Waals surface area contributed by atoms with Crippen molar-refractivity contribution in [2.75, 3.05) is 25.1 Å². The Balaban J connectivity index is 2.35. The van der Waals surface area contributed by atoms with Crippen LogP contribution in [0.3, 0.4) is 0 Å². The lowest BCUT2D eigenvalue weighted by atomic mass is 10.1. The second-order valence-corrected chi connectivity index (χ2v) is 6.17. The number of hydrogen-bond acceptors (Lipinski definition) is 7. The fourth-order valence-electron chi connectivity index (χ4n) is 2.68. The van der Waals surface area contributed by atoms with Gasteiger partial charge in [0.05, 0.1) is 30.9 Å². The Hall–Kier alpha value is -3.69. The molecule has 0 aliphatic rings. The van der Waals surface area contributed by atoms with E-state index in [9.17, 15) is 23.2 Å². The molecule has 1 N–H and O–H groups in total. The van der Waals surface area contributed by atoms with Crippen molar-refractivity contribution in [3.8, 4) is 11.5 Å². The van der Waals surface area contributed by atoms with E-state index >= 15 is 0 Å². The minimum absolute atomic E-state index is 0.0343. The number of halogens is 2. The lowest BCUT2D eigenvalue weighted by Gasteiger charge is -2.13. The van der Waals surface area contributed by atoms with Gasteiger partial charge in [-0.1, -0.05) is 0 Å². The third-order valence-electron chi connectivity index (χ3n) is 3.93. The Labute approximate surface area is 183 Å². The number of amides is 1. The number of alkyl halides is 2. The van der Waals surface area contributed by atoms with Crippen LogP contribution in [0.5, 0.6) is 11.5 Å². The van der Waals surface area contributed by atoms with Crippen molar-refractivity contribution in [1.82, 2.24) is 0 Å².